The van der Waals surface area contributed by atoms with Crippen molar-refractivity contribution in [2.75, 3.05) is 6.61 Å². The first-order valence-corrected chi connectivity index (χ1v) is 13.7. The van der Waals surface area contributed by atoms with E-state index in [1.54, 1.807) is 26.0 Å². The van der Waals surface area contributed by atoms with Crippen molar-refractivity contribution in [1.82, 2.24) is 19.7 Å². The largest absolute Gasteiger partial charge is 0.492 e. The number of pyridine rings is 1. The standard InChI is InChI=1S/C31H30F5N5O2/c1-4-43-28-22(24-16-40(3)39-29(24)31(34,35)36)12-18(14-41-15-21(32)8-10-26(41)37)13-23(28)30(42)38-27(19-5-6-19)20-7-9-25(33)17(2)11-20/h7-13,15-16,19,27,37H,4-6,14H2,1-3H3,(H,38,42)/t27-/m0/s1. The Hall–Kier alpha value is -4.48. The first-order chi connectivity index (χ1) is 20.3. The molecule has 2 heterocycles. The van der Waals surface area contributed by atoms with Crippen molar-refractivity contribution in [2.24, 2.45) is 13.0 Å². The third-order valence-corrected chi connectivity index (χ3v) is 7.33. The summed E-state index contributed by atoms with van der Waals surface area (Å²) in [5, 5.41) is 14.8. The molecule has 1 atom stereocenters. The maximum absolute atomic E-state index is 14.1. The van der Waals surface area contributed by atoms with E-state index in [1.165, 1.54) is 42.1 Å². The Morgan fingerprint density at radius 2 is 1.86 bits per heavy atom. The average Bonchev–Trinajstić information content (AvgIpc) is 3.71. The minimum atomic E-state index is -4.80. The second kappa shape index (κ2) is 11.7. The normalized spacial score (nSPS) is 14.0. The number of amides is 1. The maximum atomic E-state index is 14.1. The highest BCUT2D eigenvalue weighted by atomic mass is 19.4. The van der Waals surface area contributed by atoms with Crippen LogP contribution in [0, 0.1) is 29.9 Å². The van der Waals surface area contributed by atoms with Crippen LogP contribution in [0.1, 0.15) is 58.5 Å². The van der Waals surface area contributed by atoms with Crippen molar-refractivity contribution in [3.05, 3.63) is 99.9 Å². The van der Waals surface area contributed by atoms with Gasteiger partial charge in [0.2, 0.25) is 0 Å². The Labute approximate surface area is 244 Å². The molecule has 0 radical (unpaired) electrons. The summed E-state index contributed by atoms with van der Waals surface area (Å²) in [5.74, 6) is -1.54. The summed E-state index contributed by atoms with van der Waals surface area (Å²) in [6.45, 7) is 3.22. The number of aromatic nitrogens is 3. The van der Waals surface area contributed by atoms with Crippen LogP contribution >= 0.6 is 0 Å². The number of carbonyl (C=O) groups excluding carboxylic acids is 1. The lowest BCUT2D eigenvalue weighted by molar-refractivity contribution is -0.141. The van der Waals surface area contributed by atoms with Crippen molar-refractivity contribution in [1.29, 1.82) is 5.41 Å². The van der Waals surface area contributed by atoms with Crippen molar-refractivity contribution in [2.45, 2.75) is 45.5 Å². The monoisotopic (exact) mass is 599 g/mol. The van der Waals surface area contributed by atoms with Crippen LogP contribution in [-0.4, -0.2) is 26.9 Å². The molecule has 0 aliphatic heterocycles. The quantitative estimate of drug-likeness (QED) is 0.222. The van der Waals surface area contributed by atoms with Gasteiger partial charge in [-0.05, 0) is 79.6 Å². The molecule has 1 fully saturated rings. The molecule has 226 valence electrons. The summed E-state index contributed by atoms with van der Waals surface area (Å²) in [6, 6.07) is 9.46. The fourth-order valence-corrected chi connectivity index (χ4v) is 5.17. The van der Waals surface area contributed by atoms with Gasteiger partial charge in [-0.15, -0.1) is 0 Å². The molecule has 1 saturated carbocycles. The fourth-order valence-electron chi connectivity index (χ4n) is 5.17. The minimum absolute atomic E-state index is 0.0194. The highest BCUT2D eigenvalue weighted by Crippen LogP contribution is 2.44. The molecule has 0 spiro atoms. The molecule has 12 heteroatoms. The maximum Gasteiger partial charge on any atom is 0.435 e. The van der Waals surface area contributed by atoms with Crippen molar-refractivity contribution in [3.8, 4) is 16.9 Å². The van der Waals surface area contributed by atoms with Crippen LogP contribution in [0.2, 0.25) is 0 Å². The molecule has 1 aliphatic carbocycles. The van der Waals surface area contributed by atoms with Gasteiger partial charge in [0, 0.05) is 37.1 Å². The number of carbonyl (C=O) groups is 1. The topological polar surface area (TPSA) is 84.9 Å². The van der Waals surface area contributed by atoms with Gasteiger partial charge >= 0.3 is 6.18 Å². The molecular weight excluding hydrogens is 569 g/mol. The SMILES string of the molecule is CCOc1c(C(=O)N[C@H](c2ccc(F)c(C)c2)C2CC2)cc(Cn2cc(F)ccc2=N)cc1-c1cn(C)nc1C(F)(F)F. The third-order valence-electron chi connectivity index (χ3n) is 7.33. The first-order valence-electron chi connectivity index (χ1n) is 13.7. The van der Waals surface area contributed by atoms with Gasteiger partial charge in [0.05, 0.1) is 18.2 Å². The number of nitrogens with one attached hydrogen (secondary N) is 2. The summed E-state index contributed by atoms with van der Waals surface area (Å²) in [7, 11) is 1.36. The van der Waals surface area contributed by atoms with E-state index in [4.69, 9.17) is 10.1 Å². The van der Waals surface area contributed by atoms with Gasteiger partial charge in [0.25, 0.3) is 5.91 Å². The molecule has 1 amide bonds. The Kier molecular flexibility index (Phi) is 8.13. The lowest BCUT2D eigenvalue weighted by atomic mass is 9.96. The average molecular weight is 600 g/mol. The number of halogens is 5. The molecule has 43 heavy (non-hydrogen) atoms. The number of aryl methyl sites for hydroxylation is 2. The molecule has 1 aliphatic rings. The molecule has 0 bridgehead atoms. The number of nitrogens with zero attached hydrogens (tertiary/aromatic N) is 3. The Morgan fingerprint density at radius 1 is 1.12 bits per heavy atom. The van der Waals surface area contributed by atoms with Gasteiger partial charge in [0.1, 0.15) is 22.9 Å². The highest BCUT2D eigenvalue weighted by Gasteiger charge is 2.39. The van der Waals surface area contributed by atoms with Crippen LogP contribution in [0.3, 0.4) is 0 Å². The van der Waals surface area contributed by atoms with Crippen LogP contribution in [0.25, 0.3) is 11.1 Å². The van der Waals surface area contributed by atoms with Gasteiger partial charge < -0.3 is 14.6 Å². The number of hydrogen-bond acceptors (Lipinski definition) is 4. The van der Waals surface area contributed by atoms with Gasteiger partial charge in [-0.25, -0.2) is 8.78 Å². The van der Waals surface area contributed by atoms with Crippen LogP contribution in [0.4, 0.5) is 22.0 Å². The number of benzene rings is 2. The van der Waals surface area contributed by atoms with E-state index in [1.807, 2.05) is 0 Å². The minimum Gasteiger partial charge on any atom is -0.492 e. The van der Waals surface area contributed by atoms with Crippen LogP contribution in [-0.2, 0) is 19.8 Å². The zero-order chi connectivity index (χ0) is 31.1. The molecule has 2 aromatic carbocycles. The van der Waals surface area contributed by atoms with Crippen LogP contribution in [0.15, 0.2) is 54.9 Å². The predicted octanol–water partition coefficient (Wildman–Crippen LogP) is 6.30. The van der Waals surface area contributed by atoms with E-state index in [9.17, 15) is 26.7 Å². The van der Waals surface area contributed by atoms with Crippen molar-refractivity contribution in [3.63, 3.8) is 0 Å². The van der Waals surface area contributed by atoms with Gasteiger partial charge in [-0.2, -0.15) is 18.3 Å². The lowest BCUT2D eigenvalue weighted by Gasteiger charge is -2.22. The van der Waals surface area contributed by atoms with Crippen molar-refractivity contribution >= 4 is 5.91 Å². The number of ether oxygens (including phenoxy) is 1. The number of alkyl halides is 3. The number of rotatable bonds is 9. The van der Waals surface area contributed by atoms with Crippen molar-refractivity contribution < 1.29 is 31.5 Å². The second-order valence-electron chi connectivity index (χ2n) is 10.7. The smallest absolute Gasteiger partial charge is 0.435 e. The van der Waals surface area contributed by atoms with E-state index in [2.05, 4.69) is 10.4 Å². The highest BCUT2D eigenvalue weighted by molar-refractivity contribution is 6.00. The Bertz CT molecular complexity index is 1740. The van der Waals surface area contributed by atoms with E-state index in [-0.39, 0.29) is 52.8 Å². The fraction of sp³-hybridized carbons (Fsp3) is 0.323. The van der Waals surface area contributed by atoms with Gasteiger partial charge in [0.15, 0.2) is 5.69 Å². The summed E-state index contributed by atoms with van der Waals surface area (Å²) >= 11 is 0. The summed E-state index contributed by atoms with van der Waals surface area (Å²) < 4.78 is 78.5. The third kappa shape index (κ3) is 6.47. The summed E-state index contributed by atoms with van der Waals surface area (Å²) in [5.41, 5.74) is -0.0650. The molecule has 0 unspecified atom stereocenters. The Morgan fingerprint density at radius 3 is 2.51 bits per heavy atom. The number of hydrogen-bond donors (Lipinski definition) is 2. The van der Waals surface area contributed by atoms with E-state index >= 15 is 0 Å². The molecule has 7 nitrogen and oxygen atoms in total. The molecule has 2 aromatic heterocycles. The molecular formula is C31H30F5N5O2. The molecule has 0 saturated heterocycles. The zero-order valence-electron chi connectivity index (χ0n) is 23.7. The molecule has 4 aromatic rings. The molecule has 2 N–H and O–H groups in total. The lowest BCUT2D eigenvalue weighted by Crippen LogP contribution is -2.30. The first kappa shape index (κ1) is 30.0. The van der Waals surface area contributed by atoms with E-state index < -0.39 is 29.6 Å². The second-order valence-corrected chi connectivity index (χ2v) is 10.7. The van der Waals surface area contributed by atoms with E-state index in [0.717, 1.165) is 29.8 Å². The zero-order valence-corrected chi connectivity index (χ0v) is 23.7. The summed E-state index contributed by atoms with van der Waals surface area (Å²) in [4.78, 5) is 14.0. The van der Waals surface area contributed by atoms with Gasteiger partial charge in [-0.3, -0.25) is 14.9 Å². The molecule has 5 rings (SSSR count). The predicted molar refractivity (Wildman–Crippen MR) is 148 cm³/mol. The van der Waals surface area contributed by atoms with Crippen LogP contribution in [0.5, 0.6) is 5.75 Å². The van der Waals surface area contributed by atoms with E-state index in [0.29, 0.717) is 16.7 Å². The Balaban J connectivity index is 1.67. The summed E-state index contributed by atoms with van der Waals surface area (Å²) in [6.07, 6.45) is -0.813. The van der Waals surface area contributed by atoms with Gasteiger partial charge in [-0.1, -0.05) is 12.1 Å². The van der Waals surface area contributed by atoms with Crippen LogP contribution < -0.4 is 15.5 Å².